The maximum atomic E-state index is 10.8. The lowest BCUT2D eigenvalue weighted by Crippen LogP contribution is -1.95. The molecule has 1 aromatic carbocycles. The van der Waals surface area contributed by atoms with E-state index >= 15 is 0 Å². The fraction of sp³-hybridized carbons (Fsp3) is 0.222. The molecule has 0 aliphatic heterocycles. The van der Waals surface area contributed by atoms with Gasteiger partial charge in [0.05, 0.1) is 15.8 Å². The maximum absolute atomic E-state index is 10.8. The molecule has 0 spiro atoms. The van der Waals surface area contributed by atoms with Crippen LogP contribution in [0.5, 0.6) is 0 Å². The van der Waals surface area contributed by atoms with Gasteiger partial charge in [-0.1, -0.05) is 15.9 Å². The lowest BCUT2D eigenvalue weighted by molar-refractivity contribution is -0.385. The fourth-order valence-corrected chi connectivity index (χ4v) is 1.64. The van der Waals surface area contributed by atoms with Crippen LogP contribution < -0.4 is 0 Å². The van der Waals surface area contributed by atoms with E-state index in [1.807, 2.05) is 6.92 Å². The van der Waals surface area contributed by atoms with Crippen molar-refractivity contribution < 1.29 is 4.92 Å². The van der Waals surface area contributed by atoms with Crippen LogP contribution in [0.15, 0.2) is 23.2 Å². The first-order valence-electron chi connectivity index (χ1n) is 4.06. The summed E-state index contributed by atoms with van der Waals surface area (Å²) in [7, 11) is 0. The minimum atomic E-state index is -0.435. The number of nitrogens with zero attached hydrogens (tertiary/aromatic N) is 2. The van der Waals surface area contributed by atoms with Crippen LogP contribution in [0.3, 0.4) is 0 Å². The second-order valence-corrected chi connectivity index (χ2v) is 4.38. The average Bonchev–Trinajstić information content (AvgIpc) is 2.17. The van der Waals surface area contributed by atoms with Crippen molar-refractivity contribution in [3.05, 3.63) is 33.9 Å². The Morgan fingerprint density at radius 3 is 2.80 bits per heavy atom. The lowest BCUT2D eigenvalue weighted by atomic mass is 10.1. The largest absolute Gasteiger partial charge is 0.275 e. The zero-order valence-electron chi connectivity index (χ0n) is 7.81. The standard InChI is InChI=1S/C9H7BrN2O2S/c1-6(10)8-3-2-7(11-5-15)4-9(8)12(13)14/h2-4,6H,1H3. The highest BCUT2D eigenvalue weighted by Gasteiger charge is 2.17. The highest BCUT2D eigenvalue weighted by atomic mass is 79.9. The van der Waals surface area contributed by atoms with Crippen molar-refractivity contribution in [2.75, 3.05) is 0 Å². The van der Waals surface area contributed by atoms with Crippen LogP contribution in [0.1, 0.15) is 17.3 Å². The summed E-state index contributed by atoms with van der Waals surface area (Å²) in [4.78, 5) is 14.0. The van der Waals surface area contributed by atoms with E-state index in [9.17, 15) is 10.1 Å². The number of benzene rings is 1. The molecule has 78 valence electrons. The molecule has 1 aromatic rings. The number of aliphatic imine (C=N–C) groups is 1. The fourth-order valence-electron chi connectivity index (χ4n) is 1.15. The molecule has 0 saturated heterocycles. The van der Waals surface area contributed by atoms with Gasteiger partial charge in [0, 0.05) is 16.5 Å². The van der Waals surface area contributed by atoms with Crippen LogP contribution in [0, 0.1) is 10.1 Å². The van der Waals surface area contributed by atoms with E-state index in [1.165, 1.54) is 6.07 Å². The normalized spacial score (nSPS) is 11.6. The molecule has 0 radical (unpaired) electrons. The summed E-state index contributed by atoms with van der Waals surface area (Å²) in [5, 5.41) is 13.0. The molecule has 0 fully saturated rings. The highest BCUT2D eigenvalue weighted by molar-refractivity contribution is 9.09. The third-order valence-electron chi connectivity index (χ3n) is 1.81. The molecule has 0 saturated carbocycles. The molecule has 6 heteroatoms. The molecular weight excluding hydrogens is 280 g/mol. The monoisotopic (exact) mass is 286 g/mol. The molecule has 0 aliphatic carbocycles. The molecule has 1 unspecified atom stereocenters. The number of isothiocyanates is 1. The second-order valence-electron chi connectivity index (χ2n) is 2.82. The third kappa shape index (κ3) is 2.92. The molecule has 1 atom stereocenters. The van der Waals surface area contributed by atoms with E-state index in [4.69, 9.17) is 0 Å². The molecule has 0 aliphatic rings. The first-order chi connectivity index (χ1) is 7.06. The van der Waals surface area contributed by atoms with E-state index in [1.54, 1.807) is 12.1 Å². The van der Waals surface area contributed by atoms with Crippen molar-refractivity contribution in [3.8, 4) is 0 Å². The van der Waals surface area contributed by atoms with Gasteiger partial charge in [-0.25, -0.2) is 0 Å². The van der Waals surface area contributed by atoms with Crippen molar-refractivity contribution in [1.82, 2.24) is 0 Å². The van der Waals surface area contributed by atoms with Crippen molar-refractivity contribution in [2.45, 2.75) is 11.8 Å². The van der Waals surface area contributed by atoms with Crippen LogP contribution in [0.25, 0.3) is 0 Å². The van der Waals surface area contributed by atoms with Crippen LogP contribution in [-0.4, -0.2) is 10.1 Å². The molecule has 4 nitrogen and oxygen atoms in total. The molecule has 0 amide bonds. The van der Waals surface area contributed by atoms with Gasteiger partial charge < -0.3 is 0 Å². The summed E-state index contributed by atoms with van der Waals surface area (Å²) in [6, 6.07) is 4.70. The number of nitro groups is 1. The van der Waals surface area contributed by atoms with E-state index in [0.717, 1.165) is 0 Å². The predicted octanol–water partition coefficient (Wildman–Crippen LogP) is 3.79. The average molecular weight is 287 g/mol. The molecular formula is C9H7BrN2O2S. The summed E-state index contributed by atoms with van der Waals surface area (Å²) in [6.45, 7) is 1.82. The van der Waals surface area contributed by atoms with Crippen LogP contribution in [-0.2, 0) is 0 Å². The van der Waals surface area contributed by atoms with Gasteiger partial charge in [0.1, 0.15) is 0 Å². The minimum Gasteiger partial charge on any atom is -0.258 e. The van der Waals surface area contributed by atoms with E-state index < -0.39 is 4.92 Å². The quantitative estimate of drug-likeness (QED) is 0.279. The SMILES string of the molecule is CC(Br)c1ccc(N=C=S)cc1[N+](=O)[O-]. The minimum absolute atomic E-state index is 0.0332. The second kappa shape index (κ2) is 5.11. The van der Waals surface area contributed by atoms with Crippen molar-refractivity contribution in [2.24, 2.45) is 4.99 Å². The lowest BCUT2D eigenvalue weighted by Gasteiger charge is -2.04. The number of halogens is 1. The van der Waals surface area contributed by atoms with E-state index in [-0.39, 0.29) is 10.5 Å². The van der Waals surface area contributed by atoms with Crippen molar-refractivity contribution in [1.29, 1.82) is 0 Å². The topological polar surface area (TPSA) is 55.5 Å². The Labute approximate surface area is 100 Å². The van der Waals surface area contributed by atoms with E-state index in [0.29, 0.717) is 11.3 Å². The van der Waals surface area contributed by atoms with Gasteiger partial charge in [-0.05, 0) is 31.3 Å². The summed E-state index contributed by atoms with van der Waals surface area (Å²) in [6.07, 6.45) is 0. The van der Waals surface area contributed by atoms with Gasteiger partial charge >= 0.3 is 0 Å². The summed E-state index contributed by atoms with van der Waals surface area (Å²) < 4.78 is 0. The van der Waals surface area contributed by atoms with Gasteiger partial charge in [-0.3, -0.25) is 10.1 Å². The van der Waals surface area contributed by atoms with Gasteiger partial charge in [-0.15, -0.1) is 0 Å². The Hall–Kier alpha value is -1.10. The van der Waals surface area contributed by atoms with Gasteiger partial charge in [0.25, 0.3) is 5.69 Å². The van der Waals surface area contributed by atoms with Gasteiger partial charge in [0.15, 0.2) is 0 Å². The zero-order valence-corrected chi connectivity index (χ0v) is 10.2. The Morgan fingerprint density at radius 1 is 1.67 bits per heavy atom. The zero-order chi connectivity index (χ0) is 11.4. The predicted molar refractivity (Wildman–Crippen MR) is 65.1 cm³/mol. The number of hydrogen-bond acceptors (Lipinski definition) is 4. The van der Waals surface area contributed by atoms with E-state index in [2.05, 4.69) is 38.3 Å². The summed E-state index contributed by atoms with van der Waals surface area (Å²) >= 11 is 7.73. The highest BCUT2D eigenvalue weighted by Crippen LogP contribution is 2.33. The third-order valence-corrected chi connectivity index (χ3v) is 2.40. The Morgan fingerprint density at radius 2 is 2.33 bits per heavy atom. The number of hydrogen-bond donors (Lipinski definition) is 0. The van der Waals surface area contributed by atoms with Gasteiger partial charge in [0.2, 0.25) is 0 Å². The first kappa shape index (κ1) is 12.0. The van der Waals surface area contributed by atoms with Gasteiger partial charge in [-0.2, -0.15) is 4.99 Å². The molecule has 1 rings (SSSR count). The smallest absolute Gasteiger partial charge is 0.258 e. The molecule has 0 bridgehead atoms. The van der Waals surface area contributed by atoms with Crippen LogP contribution in [0.2, 0.25) is 0 Å². The molecule has 15 heavy (non-hydrogen) atoms. The Kier molecular flexibility index (Phi) is 4.08. The number of alkyl halides is 1. The summed E-state index contributed by atoms with van der Waals surface area (Å²) in [5.74, 6) is 0. The van der Waals surface area contributed by atoms with Crippen molar-refractivity contribution in [3.63, 3.8) is 0 Å². The molecule has 0 N–H and O–H groups in total. The van der Waals surface area contributed by atoms with Crippen molar-refractivity contribution >= 4 is 44.7 Å². The number of nitro benzene ring substituents is 1. The molecule has 0 aromatic heterocycles. The van der Waals surface area contributed by atoms with Crippen LogP contribution in [0.4, 0.5) is 11.4 Å². The Balaban J connectivity index is 3.32. The first-order valence-corrected chi connectivity index (χ1v) is 5.39. The number of rotatable bonds is 3. The Bertz CT molecular complexity index is 442. The maximum Gasteiger partial charge on any atom is 0.275 e. The summed E-state index contributed by atoms with van der Waals surface area (Å²) in [5.41, 5.74) is 1.09. The molecule has 0 heterocycles. The number of thiocarbonyl (C=S) groups is 1. The van der Waals surface area contributed by atoms with Crippen LogP contribution >= 0.6 is 28.1 Å².